The van der Waals surface area contributed by atoms with Crippen molar-refractivity contribution in [3.05, 3.63) is 64.1 Å². The summed E-state index contributed by atoms with van der Waals surface area (Å²) in [6.07, 6.45) is 1.91. The van der Waals surface area contributed by atoms with E-state index in [2.05, 4.69) is 16.0 Å². The monoisotopic (exact) mass is 481 g/mol. The fourth-order valence-corrected chi connectivity index (χ4v) is 5.41. The number of fused-ring (bicyclic) bond motifs is 2. The maximum Gasteiger partial charge on any atom is 0.494 e. The van der Waals surface area contributed by atoms with E-state index in [1.54, 1.807) is 11.3 Å². The van der Waals surface area contributed by atoms with Gasteiger partial charge in [0.05, 0.1) is 17.6 Å². The number of thiophene rings is 1. The molecule has 170 valence electrons. The molecule has 1 aliphatic rings. The zero-order valence-corrected chi connectivity index (χ0v) is 20.6. The summed E-state index contributed by atoms with van der Waals surface area (Å²) in [4.78, 5) is 11.5. The van der Waals surface area contributed by atoms with Crippen LogP contribution in [0.1, 0.15) is 38.8 Å². The van der Waals surface area contributed by atoms with E-state index in [9.17, 15) is 9.90 Å². The van der Waals surface area contributed by atoms with Crippen molar-refractivity contribution in [1.29, 1.82) is 0 Å². The predicted octanol–water partition coefficient (Wildman–Crippen LogP) is 5.48. The fraction of sp³-hybridized carbons (Fsp3) is 0.320. The molecule has 1 N–H and O–H groups in total. The van der Waals surface area contributed by atoms with Crippen molar-refractivity contribution in [3.8, 4) is 0 Å². The molecule has 0 saturated carbocycles. The highest BCUT2D eigenvalue weighted by atomic mass is 35.5. The number of carboxylic acid groups (broad SMARTS) is 1. The molecule has 5 nitrogen and oxygen atoms in total. The number of aromatic nitrogens is 1. The highest BCUT2D eigenvalue weighted by Gasteiger charge is 2.51. The van der Waals surface area contributed by atoms with Crippen LogP contribution in [0.25, 0.3) is 21.0 Å². The Kier molecular flexibility index (Phi) is 5.37. The fourth-order valence-electron chi connectivity index (χ4n) is 4.31. The Labute approximate surface area is 202 Å². The first-order valence-corrected chi connectivity index (χ1v) is 12.1. The maximum absolute atomic E-state index is 11.5. The second kappa shape index (κ2) is 7.88. The third kappa shape index (κ3) is 3.97. The van der Waals surface area contributed by atoms with Crippen LogP contribution in [0.2, 0.25) is 5.02 Å². The predicted molar refractivity (Wildman–Crippen MR) is 135 cm³/mol. The van der Waals surface area contributed by atoms with Crippen molar-refractivity contribution >= 4 is 62.5 Å². The standard InChI is InChI=1S/C25H25BClNO4S/c1-24(2)25(3,4)32-26(31-24)17-5-7-19-15(9-23(29)30)12-28(21(19)10-17)13-16-14-33-22-8-6-18(27)11-20(16)22/h5-8,10-12,14H,9,13H2,1-4H3,(H,29,30). The van der Waals surface area contributed by atoms with E-state index in [1.165, 1.54) is 4.70 Å². The largest absolute Gasteiger partial charge is 0.494 e. The van der Waals surface area contributed by atoms with E-state index in [4.69, 9.17) is 20.9 Å². The van der Waals surface area contributed by atoms with Crippen LogP contribution in [0, 0.1) is 0 Å². The van der Waals surface area contributed by atoms with Gasteiger partial charge in [0.2, 0.25) is 0 Å². The van der Waals surface area contributed by atoms with Gasteiger partial charge in [-0.25, -0.2) is 0 Å². The molecular weight excluding hydrogens is 457 g/mol. The first kappa shape index (κ1) is 22.5. The molecule has 5 rings (SSSR count). The lowest BCUT2D eigenvalue weighted by atomic mass is 9.78. The summed E-state index contributed by atoms with van der Waals surface area (Å²) in [5, 5.41) is 14.3. The van der Waals surface area contributed by atoms with Gasteiger partial charge in [0, 0.05) is 33.4 Å². The van der Waals surface area contributed by atoms with Crippen molar-refractivity contribution in [2.24, 2.45) is 0 Å². The second-order valence-corrected chi connectivity index (χ2v) is 11.0. The summed E-state index contributed by atoms with van der Waals surface area (Å²) in [7, 11) is -0.480. The molecule has 0 bridgehead atoms. The summed E-state index contributed by atoms with van der Waals surface area (Å²) < 4.78 is 15.8. The van der Waals surface area contributed by atoms with E-state index in [-0.39, 0.29) is 6.42 Å². The zero-order valence-electron chi connectivity index (χ0n) is 19.0. The molecule has 2 aromatic carbocycles. The molecule has 0 radical (unpaired) electrons. The molecule has 33 heavy (non-hydrogen) atoms. The molecule has 0 unspecified atom stereocenters. The number of benzene rings is 2. The number of carbonyl (C=O) groups is 1. The summed E-state index contributed by atoms with van der Waals surface area (Å²) in [6.45, 7) is 8.75. The van der Waals surface area contributed by atoms with Gasteiger partial charge in [-0.2, -0.15) is 0 Å². The van der Waals surface area contributed by atoms with Crippen LogP contribution in [0.4, 0.5) is 0 Å². The number of rotatable bonds is 5. The molecule has 8 heteroatoms. The highest BCUT2D eigenvalue weighted by molar-refractivity contribution is 7.17. The first-order valence-electron chi connectivity index (χ1n) is 10.9. The van der Waals surface area contributed by atoms with Crippen LogP contribution in [0.3, 0.4) is 0 Å². The molecule has 3 heterocycles. The lowest BCUT2D eigenvalue weighted by molar-refractivity contribution is -0.136. The smallest absolute Gasteiger partial charge is 0.481 e. The summed E-state index contributed by atoms with van der Waals surface area (Å²) >= 11 is 7.93. The van der Waals surface area contributed by atoms with Crippen molar-refractivity contribution < 1.29 is 19.2 Å². The molecule has 4 aromatic rings. The Hall–Kier alpha value is -2.32. The van der Waals surface area contributed by atoms with Gasteiger partial charge < -0.3 is 19.0 Å². The average Bonchev–Trinajstić information content (AvgIpc) is 3.34. The van der Waals surface area contributed by atoms with Crippen LogP contribution in [-0.4, -0.2) is 34.0 Å². The van der Waals surface area contributed by atoms with Crippen molar-refractivity contribution in [3.63, 3.8) is 0 Å². The molecule has 0 aliphatic carbocycles. The van der Waals surface area contributed by atoms with Crippen molar-refractivity contribution in [1.82, 2.24) is 4.57 Å². The quantitative estimate of drug-likeness (QED) is 0.383. The Morgan fingerprint density at radius 2 is 1.79 bits per heavy atom. The van der Waals surface area contributed by atoms with Gasteiger partial charge in [0.1, 0.15) is 0 Å². The molecular formula is C25H25BClNO4S. The second-order valence-electron chi connectivity index (χ2n) is 9.62. The Bertz CT molecular complexity index is 1370. The van der Waals surface area contributed by atoms with Gasteiger partial charge in [-0.3, -0.25) is 4.79 Å². The number of aliphatic carboxylic acids is 1. The minimum atomic E-state index is -0.850. The number of hydrogen-bond donors (Lipinski definition) is 1. The normalized spacial score (nSPS) is 17.3. The Morgan fingerprint density at radius 3 is 2.48 bits per heavy atom. The van der Waals surface area contributed by atoms with Gasteiger partial charge in [-0.1, -0.05) is 23.7 Å². The molecule has 1 saturated heterocycles. The number of nitrogens with zero attached hydrogens (tertiary/aromatic N) is 1. The number of carboxylic acids is 1. The van der Waals surface area contributed by atoms with Gasteiger partial charge in [-0.05, 0) is 79.3 Å². The van der Waals surface area contributed by atoms with Crippen LogP contribution >= 0.6 is 22.9 Å². The van der Waals surface area contributed by atoms with E-state index >= 15 is 0 Å². The highest BCUT2D eigenvalue weighted by Crippen LogP contribution is 2.37. The maximum atomic E-state index is 11.5. The molecule has 1 aliphatic heterocycles. The Morgan fingerprint density at radius 1 is 1.06 bits per heavy atom. The zero-order chi connectivity index (χ0) is 23.5. The lowest BCUT2D eigenvalue weighted by Gasteiger charge is -2.32. The summed E-state index contributed by atoms with van der Waals surface area (Å²) in [6, 6.07) is 11.9. The van der Waals surface area contributed by atoms with Gasteiger partial charge in [-0.15, -0.1) is 11.3 Å². The van der Waals surface area contributed by atoms with Crippen LogP contribution in [0.15, 0.2) is 48.0 Å². The van der Waals surface area contributed by atoms with E-state index < -0.39 is 24.3 Å². The number of hydrogen-bond acceptors (Lipinski definition) is 4. The minimum absolute atomic E-state index is 0.0322. The lowest BCUT2D eigenvalue weighted by Crippen LogP contribution is -2.41. The van der Waals surface area contributed by atoms with Crippen LogP contribution in [0.5, 0.6) is 0 Å². The van der Waals surface area contributed by atoms with Crippen molar-refractivity contribution in [2.45, 2.75) is 51.9 Å². The number of halogens is 1. The third-order valence-electron chi connectivity index (χ3n) is 6.81. The van der Waals surface area contributed by atoms with E-state index in [0.29, 0.717) is 11.6 Å². The van der Waals surface area contributed by atoms with E-state index in [0.717, 1.165) is 32.9 Å². The topological polar surface area (TPSA) is 60.7 Å². The summed E-state index contributed by atoms with van der Waals surface area (Å²) in [5.74, 6) is -0.850. The van der Waals surface area contributed by atoms with Crippen LogP contribution < -0.4 is 5.46 Å². The van der Waals surface area contributed by atoms with Crippen LogP contribution in [-0.2, 0) is 27.1 Å². The third-order valence-corrected chi connectivity index (χ3v) is 8.06. The molecule has 2 aromatic heterocycles. The molecule has 0 amide bonds. The van der Waals surface area contributed by atoms with E-state index in [1.807, 2.05) is 64.2 Å². The van der Waals surface area contributed by atoms with Gasteiger partial charge >= 0.3 is 13.1 Å². The Balaban J connectivity index is 1.59. The molecule has 1 fully saturated rings. The summed E-state index contributed by atoms with van der Waals surface area (Å²) in [5.41, 5.74) is 2.95. The molecule has 0 spiro atoms. The molecule has 0 atom stereocenters. The SMILES string of the molecule is CC1(C)OB(c2ccc3c(CC(=O)O)cn(Cc4csc5ccc(Cl)cc45)c3c2)OC1(C)C. The van der Waals surface area contributed by atoms with Gasteiger partial charge in [0.25, 0.3) is 0 Å². The average molecular weight is 482 g/mol. The van der Waals surface area contributed by atoms with Gasteiger partial charge in [0.15, 0.2) is 0 Å². The van der Waals surface area contributed by atoms with Crippen molar-refractivity contribution in [2.75, 3.05) is 0 Å². The minimum Gasteiger partial charge on any atom is -0.481 e. The first-order chi connectivity index (χ1) is 15.5.